The van der Waals surface area contributed by atoms with Gasteiger partial charge in [0.15, 0.2) is 5.96 Å². The number of carboxylic acid groups (broad SMARTS) is 1. The lowest BCUT2D eigenvalue weighted by atomic mass is 10.0. The van der Waals surface area contributed by atoms with Crippen molar-refractivity contribution in [2.24, 2.45) is 11.5 Å². The molecule has 2 aromatic carbocycles. The van der Waals surface area contributed by atoms with Gasteiger partial charge in [0, 0.05) is 19.5 Å². The molecule has 1 aliphatic rings. The molecule has 0 aromatic heterocycles. The summed E-state index contributed by atoms with van der Waals surface area (Å²) < 4.78 is 0. The van der Waals surface area contributed by atoms with Crippen molar-refractivity contribution in [3.05, 3.63) is 71.8 Å². The second kappa shape index (κ2) is 20.5. The molecule has 50 heavy (non-hydrogen) atoms. The topological polar surface area (TPSA) is 233 Å². The highest BCUT2D eigenvalue weighted by Gasteiger charge is 2.38. The van der Waals surface area contributed by atoms with Crippen LogP contribution in [0.4, 0.5) is 0 Å². The number of benzene rings is 2. The molecule has 0 radical (unpaired) electrons. The number of carboxylic acids is 1. The highest BCUT2D eigenvalue weighted by Crippen LogP contribution is 2.20. The lowest BCUT2D eigenvalue weighted by molar-refractivity contribution is -0.149. The normalized spacial score (nSPS) is 16.4. The Morgan fingerprint density at radius 3 is 1.98 bits per heavy atom. The molecule has 0 saturated carbocycles. The first-order chi connectivity index (χ1) is 24.0. The first-order valence-corrected chi connectivity index (χ1v) is 17.4. The quantitative estimate of drug-likeness (QED) is 0.0565. The van der Waals surface area contributed by atoms with Gasteiger partial charge < -0.3 is 42.7 Å². The first-order valence-electron chi connectivity index (χ1n) is 17.4. The van der Waals surface area contributed by atoms with Crippen molar-refractivity contribution in [1.82, 2.24) is 26.2 Å². The van der Waals surface area contributed by atoms with Crippen molar-refractivity contribution in [2.75, 3.05) is 13.1 Å². The molecule has 0 spiro atoms. The lowest BCUT2D eigenvalue weighted by Gasteiger charge is -2.29. The Kier molecular flexibility index (Phi) is 16.2. The molecule has 272 valence electrons. The molecule has 5 atom stereocenters. The van der Waals surface area contributed by atoms with Crippen molar-refractivity contribution < 1.29 is 29.1 Å². The average molecular weight is 693 g/mol. The van der Waals surface area contributed by atoms with Crippen LogP contribution in [-0.2, 0) is 36.8 Å². The fourth-order valence-electron chi connectivity index (χ4n) is 5.96. The van der Waals surface area contributed by atoms with E-state index in [0.29, 0.717) is 38.6 Å². The summed E-state index contributed by atoms with van der Waals surface area (Å²) in [6.07, 6.45) is 4.12. The molecule has 2 aromatic rings. The molecule has 0 unspecified atom stereocenters. The molecule has 1 saturated heterocycles. The van der Waals surface area contributed by atoms with E-state index in [4.69, 9.17) is 16.9 Å². The Morgan fingerprint density at radius 1 is 0.820 bits per heavy atom. The van der Waals surface area contributed by atoms with Gasteiger partial charge in [-0.1, -0.05) is 80.4 Å². The molecular formula is C36H52N8O6. The van der Waals surface area contributed by atoms with Crippen LogP contribution in [0.5, 0.6) is 0 Å². The number of aliphatic carboxylic acids is 1. The number of nitrogens with two attached hydrogens (primary N) is 2. The highest BCUT2D eigenvalue weighted by atomic mass is 16.4. The summed E-state index contributed by atoms with van der Waals surface area (Å²) in [6, 6.07) is 13.5. The van der Waals surface area contributed by atoms with Crippen LogP contribution in [0.1, 0.15) is 69.4 Å². The summed E-state index contributed by atoms with van der Waals surface area (Å²) in [4.78, 5) is 67.8. The maximum absolute atomic E-state index is 13.9. The number of carbonyl (C=O) groups is 5. The van der Waals surface area contributed by atoms with E-state index in [0.717, 1.165) is 17.5 Å². The second-order valence-electron chi connectivity index (χ2n) is 12.7. The van der Waals surface area contributed by atoms with Crippen molar-refractivity contribution in [2.45, 2.75) is 101 Å². The molecular weight excluding hydrogens is 640 g/mol. The molecule has 10 N–H and O–H groups in total. The summed E-state index contributed by atoms with van der Waals surface area (Å²) in [5.41, 5.74) is 13.3. The van der Waals surface area contributed by atoms with Crippen LogP contribution in [0, 0.1) is 5.41 Å². The molecule has 4 amide bonds. The van der Waals surface area contributed by atoms with E-state index < -0.39 is 59.8 Å². The number of likely N-dealkylation sites (tertiary alicyclic amines) is 1. The van der Waals surface area contributed by atoms with E-state index in [2.05, 4.69) is 21.3 Å². The number of nitrogens with zero attached hydrogens (tertiary/aromatic N) is 1. The summed E-state index contributed by atoms with van der Waals surface area (Å²) in [5, 5.41) is 28.2. The average Bonchev–Trinajstić information content (AvgIpc) is 3.60. The largest absolute Gasteiger partial charge is 0.480 e. The van der Waals surface area contributed by atoms with Crippen molar-refractivity contribution in [3.8, 4) is 0 Å². The number of carbonyl (C=O) groups excluding carboxylic acids is 4. The van der Waals surface area contributed by atoms with Gasteiger partial charge in [-0.05, 0) is 56.1 Å². The molecule has 14 nitrogen and oxygen atoms in total. The van der Waals surface area contributed by atoms with Gasteiger partial charge in [-0.25, -0.2) is 4.79 Å². The Bertz CT molecular complexity index is 1430. The summed E-state index contributed by atoms with van der Waals surface area (Å²) in [6.45, 7) is 2.60. The predicted octanol–water partition coefficient (Wildman–Crippen LogP) is 1.17. The summed E-state index contributed by atoms with van der Waals surface area (Å²) in [5.74, 6) is -3.44. The van der Waals surface area contributed by atoms with Crippen molar-refractivity contribution >= 4 is 35.6 Å². The Balaban J connectivity index is 1.78. The fraction of sp³-hybridized carbons (Fsp3) is 0.500. The standard InChI is InChI=1S/C36H52N8O6/c1-2-3-17-27(32(46)42-28(18-10-11-20-40-36(38)39)34(48)44-21-12-19-30(44)35(49)50)41-33(47)29(23-25-15-8-5-9-16-25)43-31(45)26(37)22-24-13-6-4-7-14-24/h4-9,13-16,26-30H,2-3,10-12,17-23,37H2,1H3,(H,41,47)(H,42,46)(H,43,45)(H,49,50)(H4,38,39,40)/t26-,27-,28-,29-,30-/m1/s1. The Labute approximate surface area is 293 Å². The Morgan fingerprint density at radius 2 is 1.38 bits per heavy atom. The fourth-order valence-corrected chi connectivity index (χ4v) is 5.96. The number of amides is 4. The van der Waals surface area contributed by atoms with Gasteiger partial charge in [0.1, 0.15) is 24.2 Å². The molecule has 1 heterocycles. The van der Waals surface area contributed by atoms with Gasteiger partial charge >= 0.3 is 5.97 Å². The molecule has 14 heteroatoms. The predicted molar refractivity (Wildman–Crippen MR) is 190 cm³/mol. The Hall–Kier alpha value is -4.98. The van der Waals surface area contributed by atoms with Crippen LogP contribution in [-0.4, -0.2) is 88.9 Å². The molecule has 1 fully saturated rings. The van der Waals surface area contributed by atoms with E-state index >= 15 is 0 Å². The van der Waals surface area contributed by atoms with Crippen LogP contribution in [0.2, 0.25) is 0 Å². The van der Waals surface area contributed by atoms with Crippen LogP contribution in [0.15, 0.2) is 60.7 Å². The minimum atomic E-state index is -1.10. The third kappa shape index (κ3) is 12.8. The number of hydrogen-bond donors (Lipinski definition) is 8. The van der Waals surface area contributed by atoms with Crippen LogP contribution >= 0.6 is 0 Å². The van der Waals surface area contributed by atoms with E-state index in [1.54, 1.807) is 0 Å². The molecule has 0 aliphatic carbocycles. The molecule has 3 rings (SSSR count). The number of guanidine groups is 1. The third-order valence-corrected chi connectivity index (χ3v) is 8.70. The van der Waals surface area contributed by atoms with Crippen LogP contribution in [0.25, 0.3) is 0 Å². The zero-order valence-electron chi connectivity index (χ0n) is 28.7. The van der Waals surface area contributed by atoms with Gasteiger partial charge in [-0.2, -0.15) is 0 Å². The maximum atomic E-state index is 13.9. The zero-order chi connectivity index (χ0) is 36.5. The number of unbranched alkanes of at least 4 members (excludes halogenated alkanes) is 2. The smallest absolute Gasteiger partial charge is 0.326 e. The van der Waals surface area contributed by atoms with Crippen molar-refractivity contribution in [3.63, 3.8) is 0 Å². The van der Waals surface area contributed by atoms with Crippen LogP contribution in [0.3, 0.4) is 0 Å². The van der Waals surface area contributed by atoms with E-state index in [1.807, 2.05) is 67.6 Å². The summed E-state index contributed by atoms with van der Waals surface area (Å²) >= 11 is 0. The molecule has 0 bridgehead atoms. The monoisotopic (exact) mass is 692 g/mol. The number of hydrogen-bond acceptors (Lipinski definition) is 7. The van der Waals surface area contributed by atoms with Gasteiger partial charge in [-0.3, -0.25) is 24.6 Å². The van der Waals surface area contributed by atoms with Crippen molar-refractivity contribution in [1.29, 1.82) is 5.41 Å². The van der Waals surface area contributed by atoms with Gasteiger partial charge in [0.05, 0.1) is 6.04 Å². The minimum absolute atomic E-state index is 0.152. The third-order valence-electron chi connectivity index (χ3n) is 8.70. The minimum Gasteiger partial charge on any atom is -0.480 e. The summed E-state index contributed by atoms with van der Waals surface area (Å²) in [7, 11) is 0. The number of rotatable bonds is 20. The van der Waals surface area contributed by atoms with Crippen LogP contribution < -0.4 is 32.7 Å². The van der Waals surface area contributed by atoms with E-state index in [-0.39, 0.29) is 38.2 Å². The van der Waals surface area contributed by atoms with Gasteiger partial charge in [0.25, 0.3) is 0 Å². The lowest BCUT2D eigenvalue weighted by Crippen LogP contribution is -2.59. The molecule has 1 aliphatic heterocycles. The maximum Gasteiger partial charge on any atom is 0.326 e. The first kappa shape index (κ1) is 39.5. The number of nitrogens with one attached hydrogen (secondary N) is 5. The SMILES string of the molecule is CCCC[C@@H](NC(=O)[C@@H](Cc1ccccc1)NC(=O)[C@H](N)Cc1ccccc1)C(=O)N[C@H](CCCCNC(=N)N)C(=O)N1CCC[C@@H]1C(=O)O. The van der Waals surface area contributed by atoms with Gasteiger partial charge in [0.2, 0.25) is 23.6 Å². The van der Waals surface area contributed by atoms with Gasteiger partial charge in [-0.15, -0.1) is 0 Å². The zero-order valence-corrected chi connectivity index (χ0v) is 28.7. The highest BCUT2D eigenvalue weighted by molar-refractivity contribution is 5.95. The second-order valence-corrected chi connectivity index (χ2v) is 12.7. The van der Waals surface area contributed by atoms with E-state index in [9.17, 15) is 29.1 Å². The van der Waals surface area contributed by atoms with E-state index in [1.165, 1.54) is 4.90 Å².